The minimum atomic E-state index is 1.01. The molecule has 1 heterocycles. The molecule has 0 atom stereocenters. The topological polar surface area (TPSA) is 13.1 Å². The van der Waals surface area contributed by atoms with Gasteiger partial charge in [-0.15, -0.1) is 0 Å². The summed E-state index contributed by atoms with van der Waals surface area (Å²) in [4.78, 5) is 0. The monoisotopic (exact) mass is 146 g/mol. The van der Waals surface area contributed by atoms with Crippen LogP contribution in [0.4, 0.5) is 0 Å². The molecule has 11 heavy (non-hydrogen) atoms. The standard InChI is InChI=1S/C10H10O/c1-7-9-5-3-4-6-10(9)8(2)11-7/h3-6H,1-2H3. The van der Waals surface area contributed by atoms with Crippen LogP contribution in [-0.4, -0.2) is 0 Å². The fourth-order valence-electron chi connectivity index (χ4n) is 1.44. The van der Waals surface area contributed by atoms with Crippen molar-refractivity contribution in [2.24, 2.45) is 0 Å². The summed E-state index contributed by atoms with van der Waals surface area (Å²) in [5.41, 5.74) is 0. The molecule has 1 nitrogen and oxygen atoms in total. The van der Waals surface area contributed by atoms with E-state index >= 15 is 0 Å². The zero-order valence-electron chi connectivity index (χ0n) is 6.72. The number of aryl methyl sites for hydroxylation is 2. The molecule has 1 aromatic heterocycles. The highest BCUT2D eigenvalue weighted by molar-refractivity contribution is 5.86. The van der Waals surface area contributed by atoms with E-state index in [9.17, 15) is 0 Å². The Morgan fingerprint density at radius 2 is 1.36 bits per heavy atom. The number of benzene rings is 1. The summed E-state index contributed by atoms with van der Waals surface area (Å²) < 4.78 is 5.46. The lowest BCUT2D eigenvalue weighted by molar-refractivity contribution is 0.510. The van der Waals surface area contributed by atoms with Crippen molar-refractivity contribution in [1.82, 2.24) is 0 Å². The quantitative estimate of drug-likeness (QED) is 0.556. The molecule has 56 valence electrons. The van der Waals surface area contributed by atoms with Crippen LogP contribution in [0.3, 0.4) is 0 Å². The van der Waals surface area contributed by atoms with Crippen molar-refractivity contribution in [2.75, 3.05) is 0 Å². The minimum absolute atomic E-state index is 1.01. The Bertz CT molecular complexity index is 349. The van der Waals surface area contributed by atoms with Crippen LogP contribution < -0.4 is 0 Å². The first-order chi connectivity index (χ1) is 5.29. The van der Waals surface area contributed by atoms with Gasteiger partial charge >= 0.3 is 0 Å². The van der Waals surface area contributed by atoms with Crippen LogP contribution in [0.2, 0.25) is 0 Å². The van der Waals surface area contributed by atoms with Gasteiger partial charge in [0.25, 0.3) is 0 Å². The zero-order chi connectivity index (χ0) is 7.84. The van der Waals surface area contributed by atoms with E-state index in [2.05, 4.69) is 12.1 Å². The molecule has 0 bridgehead atoms. The van der Waals surface area contributed by atoms with Crippen LogP contribution in [0.15, 0.2) is 28.7 Å². The van der Waals surface area contributed by atoms with Gasteiger partial charge in [-0.3, -0.25) is 0 Å². The Balaban J connectivity index is 2.95. The van der Waals surface area contributed by atoms with Gasteiger partial charge in [-0.05, 0) is 13.8 Å². The second-order valence-corrected chi connectivity index (χ2v) is 2.76. The second kappa shape index (κ2) is 2.12. The van der Waals surface area contributed by atoms with Crippen LogP contribution in [0.1, 0.15) is 11.5 Å². The van der Waals surface area contributed by atoms with Crippen LogP contribution in [0, 0.1) is 13.8 Å². The van der Waals surface area contributed by atoms with Crippen LogP contribution in [0.25, 0.3) is 10.8 Å². The summed E-state index contributed by atoms with van der Waals surface area (Å²) in [6, 6.07) is 8.23. The average Bonchev–Trinajstić information content (AvgIpc) is 2.30. The summed E-state index contributed by atoms with van der Waals surface area (Å²) >= 11 is 0. The van der Waals surface area contributed by atoms with E-state index in [0.29, 0.717) is 0 Å². The van der Waals surface area contributed by atoms with Crippen molar-refractivity contribution < 1.29 is 4.42 Å². The first-order valence-electron chi connectivity index (χ1n) is 3.74. The maximum absolute atomic E-state index is 5.46. The SMILES string of the molecule is Cc1oc(C)c2ccccc12. The Morgan fingerprint density at radius 3 is 1.82 bits per heavy atom. The van der Waals surface area contributed by atoms with Gasteiger partial charge in [0.05, 0.1) is 0 Å². The summed E-state index contributed by atoms with van der Waals surface area (Å²) in [5, 5.41) is 2.45. The van der Waals surface area contributed by atoms with Crippen LogP contribution in [0.5, 0.6) is 0 Å². The molecule has 0 saturated heterocycles. The van der Waals surface area contributed by atoms with Crippen LogP contribution >= 0.6 is 0 Å². The Hall–Kier alpha value is -1.24. The zero-order valence-corrected chi connectivity index (χ0v) is 6.72. The fourth-order valence-corrected chi connectivity index (χ4v) is 1.44. The number of hydrogen-bond acceptors (Lipinski definition) is 1. The summed E-state index contributed by atoms with van der Waals surface area (Å²) in [6.45, 7) is 3.99. The molecule has 2 aromatic rings. The van der Waals surface area contributed by atoms with E-state index in [-0.39, 0.29) is 0 Å². The Morgan fingerprint density at radius 1 is 0.909 bits per heavy atom. The minimum Gasteiger partial charge on any atom is -0.465 e. The predicted octanol–water partition coefficient (Wildman–Crippen LogP) is 3.05. The van der Waals surface area contributed by atoms with E-state index in [0.717, 1.165) is 11.5 Å². The van der Waals surface area contributed by atoms with Crippen LogP contribution in [-0.2, 0) is 0 Å². The maximum Gasteiger partial charge on any atom is 0.108 e. The van der Waals surface area contributed by atoms with E-state index < -0.39 is 0 Å². The fraction of sp³-hybridized carbons (Fsp3) is 0.200. The normalized spacial score (nSPS) is 10.7. The average molecular weight is 146 g/mol. The molecule has 2 rings (SSSR count). The highest BCUT2D eigenvalue weighted by atomic mass is 16.3. The smallest absolute Gasteiger partial charge is 0.108 e. The third-order valence-electron chi connectivity index (χ3n) is 1.99. The van der Waals surface area contributed by atoms with Gasteiger partial charge in [0.2, 0.25) is 0 Å². The van der Waals surface area contributed by atoms with Gasteiger partial charge in [-0.2, -0.15) is 0 Å². The second-order valence-electron chi connectivity index (χ2n) is 2.76. The van der Waals surface area contributed by atoms with Crippen molar-refractivity contribution in [3.8, 4) is 0 Å². The predicted molar refractivity (Wildman–Crippen MR) is 45.7 cm³/mol. The van der Waals surface area contributed by atoms with Gasteiger partial charge in [-0.25, -0.2) is 0 Å². The number of fused-ring (bicyclic) bond motifs is 1. The molecular weight excluding hydrogens is 136 g/mol. The van der Waals surface area contributed by atoms with Crippen molar-refractivity contribution in [3.05, 3.63) is 35.8 Å². The molecule has 0 aliphatic rings. The number of hydrogen-bond donors (Lipinski definition) is 0. The van der Waals surface area contributed by atoms with Crippen molar-refractivity contribution in [2.45, 2.75) is 13.8 Å². The third-order valence-corrected chi connectivity index (χ3v) is 1.99. The molecule has 0 spiro atoms. The van der Waals surface area contributed by atoms with E-state index in [1.54, 1.807) is 0 Å². The molecular formula is C10H10O. The third kappa shape index (κ3) is 0.845. The lowest BCUT2D eigenvalue weighted by atomic mass is 10.1. The molecule has 1 aromatic carbocycles. The lowest BCUT2D eigenvalue weighted by Gasteiger charge is -1.85. The molecule has 0 N–H and O–H groups in total. The summed E-state index contributed by atoms with van der Waals surface area (Å²) in [7, 11) is 0. The number of rotatable bonds is 0. The molecule has 0 unspecified atom stereocenters. The molecule has 0 amide bonds. The largest absolute Gasteiger partial charge is 0.465 e. The molecule has 0 fully saturated rings. The molecule has 0 aliphatic carbocycles. The van der Waals surface area contributed by atoms with Gasteiger partial charge in [-0.1, -0.05) is 24.3 Å². The molecule has 0 saturated carbocycles. The van der Waals surface area contributed by atoms with Crippen molar-refractivity contribution in [1.29, 1.82) is 0 Å². The lowest BCUT2D eigenvalue weighted by Crippen LogP contribution is -1.65. The van der Waals surface area contributed by atoms with Gasteiger partial charge in [0, 0.05) is 10.8 Å². The highest BCUT2D eigenvalue weighted by Gasteiger charge is 2.03. The number of furan rings is 1. The first-order valence-corrected chi connectivity index (χ1v) is 3.74. The Labute approximate surface area is 65.6 Å². The summed E-state index contributed by atoms with van der Waals surface area (Å²) in [6.07, 6.45) is 0. The van der Waals surface area contributed by atoms with E-state index in [1.165, 1.54) is 10.8 Å². The van der Waals surface area contributed by atoms with Crippen molar-refractivity contribution >= 4 is 10.8 Å². The molecule has 0 aliphatic heterocycles. The maximum atomic E-state index is 5.46. The van der Waals surface area contributed by atoms with E-state index in [1.807, 2.05) is 26.0 Å². The van der Waals surface area contributed by atoms with E-state index in [4.69, 9.17) is 4.42 Å². The highest BCUT2D eigenvalue weighted by Crippen LogP contribution is 2.23. The first kappa shape index (κ1) is 6.47. The van der Waals surface area contributed by atoms with Gasteiger partial charge in [0.1, 0.15) is 11.5 Å². The van der Waals surface area contributed by atoms with Gasteiger partial charge < -0.3 is 4.42 Å². The van der Waals surface area contributed by atoms with Crippen molar-refractivity contribution in [3.63, 3.8) is 0 Å². The molecule has 0 radical (unpaired) electrons. The Kier molecular flexibility index (Phi) is 1.25. The summed E-state index contributed by atoms with van der Waals surface area (Å²) in [5.74, 6) is 2.02. The molecule has 1 heteroatoms. The van der Waals surface area contributed by atoms with Gasteiger partial charge in [0.15, 0.2) is 0 Å².